The van der Waals surface area contributed by atoms with Crippen molar-refractivity contribution in [1.82, 2.24) is 4.90 Å². The highest BCUT2D eigenvalue weighted by Gasteiger charge is 2.27. The number of ether oxygens (including phenoxy) is 1. The lowest BCUT2D eigenvalue weighted by Gasteiger charge is -2.28. The zero-order valence-electron chi connectivity index (χ0n) is 11.8. The number of benzene rings is 1. The second kappa shape index (κ2) is 6.22. The van der Waals surface area contributed by atoms with Crippen LogP contribution in [0.2, 0.25) is 0 Å². The molecule has 5 heteroatoms. The van der Waals surface area contributed by atoms with E-state index in [-0.39, 0.29) is 24.5 Å². The van der Waals surface area contributed by atoms with Crippen LogP contribution in [-0.4, -0.2) is 41.2 Å². The molecule has 2 rings (SSSR count). The first kappa shape index (κ1) is 14.8. The summed E-state index contributed by atoms with van der Waals surface area (Å²) in [5, 5.41) is 8.98. The van der Waals surface area contributed by atoms with Gasteiger partial charge in [-0.1, -0.05) is 6.92 Å². The van der Waals surface area contributed by atoms with Gasteiger partial charge in [0.1, 0.15) is 17.7 Å². The first-order chi connectivity index (χ1) is 9.49. The summed E-state index contributed by atoms with van der Waals surface area (Å²) in [5.41, 5.74) is 0.856. The molecule has 2 atom stereocenters. The number of aliphatic carboxylic acids is 1. The fraction of sp³-hybridized carbons (Fsp3) is 0.533. The van der Waals surface area contributed by atoms with Gasteiger partial charge in [-0.05, 0) is 31.5 Å². The fourth-order valence-corrected chi connectivity index (χ4v) is 2.48. The third-order valence-corrected chi connectivity index (χ3v) is 3.75. The van der Waals surface area contributed by atoms with Crippen LogP contribution in [0.15, 0.2) is 18.2 Å². The van der Waals surface area contributed by atoms with Crippen LogP contribution in [0.25, 0.3) is 0 Å². The Bertz CT molecular complexity index is 492. The average molecular weight is 281 g/mol. The third kappa shape index (κ3) is 3.48. The quantitative estimate of drug-likeness (QED) is 0.869. The standard InChI is InChI=1S/C15H20FNO3/c1-3-10(2)17(9-15(18)19)8-13-7-11-6-12(16)4-5-14(11)20-13/h4-6,10,13H,3,7-9H2,1-2H3,(H,18,19). The molecule has 0 amide bonds. The van der Waals surface area contributed by atoms with E-state index in [0.717, 1.165) is 12.0 Å². The minimum atomic E-state index is -0.841. The number of halogens is 1. The van der Waals surface area contributed by atoms with E-state index in [9.17, 15) is 9.18 Å². The Balaban J connectivity index is 2.01. The maximum atomic E-state index is 13.2. The first-order valence-corrected chi connectivity index (χ1v) is 6.90. The first-order valence-electron chi connectivity index (χ1n) is 6.90. The number of fused-ring (bicyclic) bond motifs is 1. The molecule has 1 aliphatic rings. The zero-order chi connectivity index (χ0) is 14.7. The minimum Gasteiger partial charge on any atom is -0.488 e. The van der Waals surface area contributed by atoms with Crippen LogP contribution in [0.1, 0.15) is 25.8 Å². The second-order valence-corrected chi connectivity index (χ2v) is 5.28. The van der Waals surface area contributed by atoms with Gasteiger partial charge in [-0.3, -0.25) is 9.69 Å². The van der Waals surface area contributed by atoms with Crippen molar-refractivity contribution in [2.75, 3.05) is 13.1 Å². The number of rotatable bonds is 6. The van der Waals surface area contributed by atoms with Crippen LogP contribution in [0, 0.1) is 5.82 Å². The van der Waals surface area contributed by atoms with E-state index in [0.29, 0.717) is 18.7 Å². The molecule has 0 spiro atoms. The molecule has 1 aromatic carbocycles. The minimum absolute atomic E-state index is 0.000424. The Kier molecular flexibility index (Phi) is 4.60. The molecule has 4 nitrogen and oxygen atoms in total. The van der Waals surface area contributed by atoms with Crippen LogP contribution in [-0.2, 0) is 11.2 Å². The summed E-state index contributed by atoms with van der Waals surface area (Å²) in [5.74, 6) is -0.403. The lowest BCUT2D eigenvalue weighted by molar-refractivity contribution is -0.139. The van der Waals surface area contributed by atoms with Gasteiger partial charge in [-0.15, -0.1) is 0 Å². The number of hydrogen-bond donors (Lipinski definition) is 1. The van der Waals surface area contributed by atoms with E-state index in [4.69, 9.17) is 9.84 Å². The topological polar surface area (TPSA) is 49.8 Å². The van der Waals surface area contributed by atoms with Crippen LogP contribution in [0.5, 0.6) is 5.75 Å². The van der Waals surface area contributed by atoms with Gasteiger partial charge in [-0.25, -0.2) is 4.39 Å². The largest absolute Gasteiger partial charge is 0.488 e. The van der Waals surface area contributed by atoms with E-state index in [1.54, 1.807) is 6.07 Å². The van der Waals surface area contributed by atoms with E-state index in [2.05, 4.69) is 0 Å². The van der Waals surface area contributed by atoms with Gasteiger partial charge >= 0.3 is 5.97 Å². The molecule has 1 aliphatic heterocycles. The predicted octanol–water partition coefficient (Wildman–Crippen LogP) is 2.31. The SMILES string of the molecule is CCC(C)N(CC(=O)O)CC1Cc2cc(F)ccc2O1. The Morgan fingerprint density at radius 3 is 3.00 bits per heavy atom. The van der Waals surface area contributed by atoms with E-state index in [1.165, 1.54) is 12.1 Å². The number of carboxylic acids is 1. The lowest BCUT2D eigenvalue weighted by atomic mass is 10.1. The van der Waals surface area contributed by atoms with Crippen LogP contribution >= 0.6 is 0 Å². The van der Waals surface area contributed by atoms with Gasteiger partial charge in [0.2, 0.25) is 0 Å². The zero-order valence-corrected chi connectivity index (χ0v) is 11.8. The van der Waals surface area contributed by atoms with E-state index >= 15 is 0 Å². The molecule has 0 aliphatic carbocycles. The third-order valence-electron chi connectivity index (χ3n) is 3.75. The summed E-state index contributed by atoms with van der Waals surface area (Å²) < 4.78 is 18.9. The predicted molar refractivity (Wildman–Crippen MR) is 73.5 cm³/mol. The normalized spacial score (nSPS) is 18.7. The van der Waals surface area contributed by atoms with Gasteiger partial charge in [0, 0.05) is 24.6 Å². The summed E-state index contributed by atoms with van der Waals surface area (Å²) in [7, 11) is 0. The molecule has 0 saturated carbocycles. The van der Waals surface area contributed by atoms with Crippen molar-refractivity contribution in [2.24, 2.45) is 0 Å². The number of carbonyl (C=O) groups is 1. The number of nitrogens with zero attached hydrogens (tertiary/aromatic N) is 1. The molecular weight excluding hydrogens is 261 g/mol. The smallest absolute Gasteiger partial charge is 0.317 e. The molecule has 0 bridgehead atoms. The Hall–Kier alpha value is -1.62. The Morgan fingerprint density at radius 2 is 2.35 bits per heavy atom. The molecule has 1 N–H and O–H groups in total. The van der Waals surface area contributed by atoms with Crippen LogP contribution < -0.4 is 4.74 Å². The maximum Gasteiger partial charge on any atom is 0.317 e. The van der Waals surface area contributed by atoms with Crippen LogP contribution in [0.3, 0.4) is 0 Å². The van der Waals surface area contributed by atoms with Gasteiger partial charge in [-0.2, -0.15) is 0 Å². The summed E-state index contributed by atoms with van der Waals surface area (Å²) in [6, 6.07) is 4.68. The van der Waals surface area contributed by atoms with Crippen molar-refractivity contribution in [3.05, 3.63) is 29.6 Å². The van der Waals surface area contributed by atoms with Crippen molar-refractivity contribution < 1.29 is 19.0 Å². The molecule has 110 valence electrons. The molecule has 1 heterocycles. The Labute approximate surface area is 118 Å². The molecule has 0 saturated heterocycles. The highest BCUT2D eigenvalue weighted by Crippen LogP contribution is 2.29. The number of carboxylic acid groups (broad SMARTS) is 1. The van der Waals surface area contributed by atoms with Crippen molar-refractivity contribution in [3.63, 3.8) is 0 Å². The lowest BCUT2D eigenvalue weighted by Crippen LogP contribution is -2.43. The van der Waals surface area contributed by atoms with Crippen molar-refractivity contribution in [2.45, 2.75) is 38.8 Å². The maximum absolute atomic E-state index is 13.2. The van der Waals surface area contributed by atoms with Gasteiger partial charge < -0.3 is 9.84 Å². The second-order valence-electron chi connectivity index (χ2n) is 5.28. The van der Waals surface area contributed by atoms with Crippen LogP contribution in [0.4, 0.5) is 4.39 Å². The summed E-state index contributed by atoms with van der Waals surface area (Å²) in [4.78, 5) is 12.8. The average Bonchev–Trinajstić information content (AvgIpc) is 2.77. The monoisotopic (exact) mass is 281 g/mol. The Morgan fingerprint density at radius 1 is 1.60 bits per heavy atom. The number of hydrogen-bond acceptors (Lipinski definition) is 3. The molecule has 20 heavy (non-hydrogen) atoms. The van der Waals surface area contributed by atoms with Gasteiger partial charge in [0.15, 0.2) is 0 Å². The molecule has 0 radical (unpaired) electrons. The molecular formula is C15H20FNO3. The van der Waals surface area contributed by atoms with Crippen molar-refractivity contribution in [1.29, 1.82) is 0 Å². The highest BCUT2D eigenvalue weighted by molar-refractivity contribution is 5.69. The van der Waals surface area contributed by atoms with Crippen molar-refractivity contribution in [3.8, 4) is 5.75 Å². The summed E-state index contributed by atoms with van der Waals surface area (Å²) >= 11 is 0. The fourth-order valence-electron chi connectivity index (χ4n) is 2.48. The highest BCUT2D eigenvalue weighted by atomic mass is 19.1. The molecule has 2 unspecified atom stereocenters. The van der Waals surface area contributed by atoms with E-state index in [1.807, 2.05) is 18.7 Å². The molecule has 1 aromatic rings. The van der Waals surface area contributed by atoms with Gasteiger partial charge in [0.05, 0.1) is 6.54 Å². The molecule has 0 fully saturated rings. The summed E-state index contributed by atoms with van der Waals surface area (Å²) in [6.45, 7) is 4.57. The molecule has 0 aromatic heterocycles. The van der Waals surface area contributed by atoms with E-state index < -0.39 is 5.97 Å². The summed E-state index contributed by atoms with van der Waals surface area (Å²) in [6.07, 6.45) is 1.39. The van der Waals surface area contributed by atoms with Crippen molar-refractivity contribution >= 4 is 5.97 Å². The van der Waals surface area contributed by atoms with Gasteiger partial charge in [0.25, 0.3) is 0 Å².